The van der Waals surface area contributed by atoms with Crippen LogP contribution >= 0.6 is 0 Å². The number of ether oxygens (including phenoxy) is 2. The molecule has 2 heterocycles. The molecule has 0 radical (unpaired) electrons. The molecular weight excluding hydrogens is 268 g/mol. The number of methoxy groups -OCH3 is 1. The van der Waals surface area contributed by atoms with Gasteiger partial charge in [0.1, 0.15) is 0 Å². The van der Waals surface area contributed by atoms with E-state index in [4.69, 9.17) is 9.47 Å². The first kappa shape index (κ1) is 15.9. The molecular formula is C15H26N4O2. The molecule has 0 atom stereocenters. The lowest BCUT2D eigenvalue weighted by Crippen LogP contribution is -2.51. The second-order valence-corrected chi connectivity index (χ2v) is 5.27. The van der Waals surface area contributed by atoms with Crippen LogP contribution < -0.4 is 10.6 Å². The van der Waals surface area contributed by atoms with Crippen molar-refractivity contribution in [2.45, 2.75) is 25.0 Å². The van der Waals surface area contributed by atoms with Crippen molar-refractivity contribution < 1.29 is 9.47 Å². The molecule has 1 aromatic heterocycles. The lowest BCUT2D eigenvalue weighted by Gasteiger charge is -2.36. The summed E-state index contributed by atoms with van der Waals surface area (Å²) in [5.41, 5.74) is -0.143. The molecule has 6 nitrogen and oxygen atoms in total. The van der Waals surface area contributed by atoms with Gasteiger partial charge in [0.15, 0.2) is 5.96 Å². The van der Waals surface area contributed by atoms with Crippen molar-refractivity contribution in [3.05, 3.63) is 24.5 Å². The average molecular weight is 294 g/mol. The fourth-order valence-corrected chi connectivity index (χ4v) is 2.48. The van der Waals surface area contributed by atoms with Gasteiger partial charge in [-0.2, -0.15) is 0 Å². The number of rotatable bonds is 6. The zero-order valence-electron chi connectivity index (χ0n) is 13.0. The van der Waals surface area contributed by atoms with Crippen LogP contribution in [-0.4, -0.2) is 56.6 Å². The first-order valence-electron chi connectivity index (χ1n) is 7.46. The van der Waals surface area contributed by atoms with Crippen molar-refractivity contribution in [3.8, 4) is 0 Å². The second kappa shape index (κ2) is 8.05. The summed E-state index contributed by atoms with van der Waals surface area (Å²) in [6.45, 7) is 4.01. The van der Waals surface area contributed by atoms with E-state index in [1.807, 2.05) is 12.1 Å². The first-order chi connectivity index (χ1) is 10.3. The molecule has 2 N–H and O–H groups in total. The van der Waals surface area contributed by atoms with Crippen LogP contribution in [0.5, 0.6) is 0 Å². The minimum atomic E-state index is -0.143. The summed E-state index contributed by atoms with van der Waals surface area (Å²) >= 11 is 0. The molecule has 118 valence electrons. The largest absolute Gasteiger partial charge is 0.381 e. The fraction of sp³-hybridized carbons (Fsp3) is 0.667. The normalized spacial score (nSPS) is 18.5. The monoisotopic (exact) mass is 294 g/mol. The highest BCUT2D eigenvalue weighted by molar-refractivity contribution is 5.79. The summed E-state index contributed by atoms with van der Waals surface area (Å²) in [4.78, 5) is 4.26. The van der Waals surface area contributed by atoms with Crippen LogP contribution in [0.4, 0.5) is 0 Å². The van der Waals surface area contributed by atoms with Gasteiger partial charge in [0.2, 0.25) is 0 Å². The van der Waals surface area contributed by atoms with E-state index in [-0.39, 0.29) is 5.60 Å². The van der Waals surface area contributed by atoms with Gasteiger partial charge in [0.25, 0.3) is 0 Å². The van der Waals surface area contributed by atoms with Crippen molar-refractivity contribution in [1.82, 2.24) is 15.2 Å². The maximum absolute atomic E-state index is 5.71. The third kappa shape index (κ3) is 4.75. The number of hydrogen-bond donors (Lipinski definition) is 2. The van der Waals surface area contributed by atoms with Gasteiger partial charge in [-0.3, -0.25) is 4.99 Å². The summed E-state index contributed by atoms with van der Waals surface area (Å²) in [7, 11) is 3.56. The van der Waals surface area contributed by atoms with Gasteiger partial charge in [-0.15, -0.1) is 0 Å². The number of guanidine groups is 1. The summed E-state index contributed by atoms with van der Waals surface area (Å²) in [6.07, 6.45) is 5.94. The van der Waals surface area contributed by atoms with E-state index >= 15 is 0 Å². The van der Waals surface area contributed by atoms with E-state index in [9.17, 15) is 0 Å². The number of hydrogen-bond acceptors (Lipinski definition) is 3. The zero-order valence-corrected chi connectivity index (χ0v) is 13.0. The van der Waals surface area contributed by atoms with E-state index in [2.05, 4.69) is 32.6 Å². The molecule has 0 saturated carbocycles. The molecule has 0 aliphatic carbocycles. The van der Waals surface area contributed by atoms with Crippen LogP contribution in [0.2, 0.25) is 0 Å². The van der Waals surface area contributed by atoms with Crippen LogP contribution in [0.1, 0.15) is 12.8 Å². The Bertz CT molecular complexity index is 425. The summed E-state index contributed by atoms with van der Waals surface area (Å²) < 4.78 is 13.3. The van der Waals surface area contributed by atoms with E-state index in [0.29, 0.717) is 0 Å². The van der Waals surface area contributed by atoms with Crippen molar-refractivity contribution in [1.29, 1.82) is 0 Å². The molecule has 6 heteroatoms. The van der Waals surface area contributed by atoms with Crippen molar-refractivity contribution in [2.75, 3.05) is 40.5 Å². The van der Waals surface area contributed by atoms with Crippen LogP contribution in [0.3, 0.4) is 0 Å². The molecule has 2 rings (SSSR count). The van der Waals surface area contributed by atoms with E-state index < -0.39 is 0 Å². The molecule has 0 bridgehead atoms. The summed E-state index contributed by atoms with van der Waals surface area (Å²) in [5, 5.41) is 6.68. The second-order valence-electron chi connectivity index (χ2n) is 5.27. The van der Waals surface area contributed by atoms with Crippen LogP contribution in [0.15, 0.2) is 29.5 Å². The Morgan fingerprint density at radius 3 is 2.62 bits per heavy atom. The van der Waals surface area contributed by atoms with Gasteiger partial charge >= 0.3 is 0 Å². The quantitative estimate of drug-likeness (QED) is 0.603. The minimum absolute atomic E-state index is 0.143. The van der Waals surface area contributed by atoms with Crippen LogP contribution in [0, 0.1) is 0 Å². The van der Waals surface area contributed by atoms with Crippen molar-refractivity contribution in [3.63, 3.8) is 0 Å². The predicted molar refractivity (Wildman–Crippen MR) is 83.6 cm³/mol. The highest BCUT2D eigenvalue weighted by Gasteiger charge is 2.32. The Labute approximate surface area is 126 Å². The summed E-state index contributed by atoms with van der Waals surface area (Å²) in [5.74, 6) is 0.810. The molecule has 1 aliphatic rings. The van der Waals surface area contributed by atoms with E-state index in [0.717, 1.165) is 51.6 Å². The van der Waals surface area contributed by atoms with Gasteiger partial charge in [-0.25, -0.2) is 0 Å². The number of aromatic nitrogens is 1. The highest BCUT2D eigenvalue weighted by Crippen LogP contribution is 2.23. The first-order valence-corrected chi connectivity index (χ1v) is 7.46. The number of aliphatic imine (C=N–C) groups is 1. The lowest BCUT2D eigenvalue weighted by molar-refractivity contribution is -0.0855. The minimum Gasteiger partial charge on any atom is -0.381 e. The van der Waals surface area contributed by atoms with Crippen LogP contribution in [-0.2, 0) is 16.0 Å². The van der Waals surface area contributed by atoms with E-state index in [1.165, 1.54) is 0 Å². The van der Waals surface area contributed by atoms with Crippen molar-refractivity contribution in [2.24, 2.45) is 4.99 Å². The topological polar surface area (TPSA) is 59.8 Å². The molecule has 1 fully saturated rings. The Hall–Kier alpha value is -1.53. The molecule has 1 aliphatic heterocycles. The van der Waals surface area contributed by atoms with Crippen LogP contribution in [0.25, 0.3) is 0 Å². The van der Waals surface area contributed by atoms with Gasteiger partial charge in [-0.1, -0.05) is 0 Å². The Morgan fingerprint density at radius 1 is 1.29 bits per heavy atom. The predicted octanol–water partition coefficient (Wildman–Crippen LogP) is 0.849. The molecule has 1 saturated heterocycles. The molecule has 0 spiro atoms. The molecule has 0 aromatic carbocycles. The van der Waals surface area contributed by atoms with Gasteiger partial charge in [0.05, 0.1) is 5.60 Å². The Morgan fingerprint density at radius 2 is 2.00 bits per heavy atom. The Kier molecular flexibility index (Phi) is 6.07. The van der Waals surface area contributed by atoms with Gasteiger partial charge in [-0.05, 0) is 12.1 Å². The average Bonchev–Trinajstić information content (AvgIpc) is 3.05. The standard InChI is InChI=1S/C15H26N4O2/c1-16-14(17-7-10-19-8-3-4-9-19)18-13-15(20-2)5-11-21-12-6-15/h3-4,8-9H,5-7,10-13H2,1-2H3,(H2,16,17,18). The van der Waals surface area contributed by atoms with Gasteiger partial charge < -0.3 is 24.7 Å². The van der Waals surface area contributed by atoms with Crippen molar-refractivity contribution >= 4 is 5.96 Å². The molecule has 0 amide bonds. The third-order valence-corrected chi connectivity index (χ3v) is 3.97. The molecule has 0 unspecified atom stereocenters. The maximum Gasteiger partial charge on any atom is 0.191 e. The highest BCUT2D eigenvalue weighted by atomic mass is 16.5. The summed E-state index contributed by atoms with van der Waals surface area (Å²) in [6, 6.07) is 4.06. The molecule has 21 heavy (non-hydrogen) atoms. The SMILES string of the molecule is CN=C(NCCn1cccc1)NCC1(OC)CCOCC1. The maximum atomic E-state index is 5.71. The Balaban J connectivity index is 1.74. The van der Waals surface area contributed by atoms with E-state index in [1.54, 1.807) is 14.2 Å². The number of nitrogens with zero attached hydrogens (tertiary/aromatic N) is 2. The molecule has 1 aromatic rings. The lowest BCUT2D eigenvalue weighted by atomic mass is 9.94. The smallest absolute Gasteiger partial charge is 0.191 e. The number of nitrogens with one attached hydrogen (secondary N) is 2. The zero-order chi connectivity index (χ0) is 15.0. The third-order valence-electron chi connectivity index (χ3n) is 3.97. The van der Waals surface area contributed by atoms with Gasteiger partial charge in [0, 0.05) is 72.2 Å². The fourth-order valence-electron chi connectivity index (χ4n) is 2.48.